The first-order chi connectivity index (χ1) is 13.7. The molecule has 156 valence electrons. The Morgan fingerprint density at radius 1 is 1.21 bits per heavy atom. The lowest BCUT2D eigenvalue weighted by Gasteiger charge is -2.31. The Labute approximate surface area is 178 Å². The number of rotatable bonds is 5. The highest BCUT2D eigenvalue weighted by molar-refractivity contribution is 7.89. The van der Waals surface area contributed by atoms with Crippen molar-refractivity contribution >= 4 is 44.8 Å². The average molecular weight is 461 g/mol. The van der Waals surface area contributed by atoms with Crippen molar-refractivity contribution < 1.29 is 22.3 Å². The Kier molecular flexibility index (Phi) is 6.68. The van der Waals surface area contributed by atoms with Gasteiger partial charge in [0.15, 0.2) is 0 Å². The molecule has 6 nitrogen and oxygen atoms in total. The predicted molar refractivity (Wildman–Crippen MR) is 110 cm³/mol. The van der Waals surface area contributed by atoms with Crippen LogP contribution < -0.4 is 10.1 Å². The number of ether oxygens (including phenoxy) is 1. The van der Waals surface area contributed by atoms with E-state index in [9.17, 15) is 17.6 Å². The maximum absolute atomic E-state index is 13.7. The molecule has 0 bridgehead atoms. The Bertz CT molecular complexity index is 1010. The summed E-state index contributed by atoms with van der Waals surface area (Å²) in [5.74, 6) is -1.55. The summed E-state index contributed by atoms with van der Waals surface area (Å²) in [6.45, 7) is 0.205. The topological polar surface area (TPSA) is 75.7 Å². The Morgan fingerprint density at radius 3 is 2.55 bits per heavy atom. The van der Waals surface area contributed by atoms with Gasteiger partial charge in [0, 0.05) is 28.8 Å². The molecule has 3 rings (SSSR count). The number of hydrogen-bond donors (Lipinski definition) is 1. The lowest BCUT2D eigenvalue weighted by Crippen LogP contribution is -2.43. The Hall–Kier alpha value is -1.87. The SMILES string of the molecule is COc1ccc(F)cc1S(=O)(=O)N1CCC[C@@H](C(=O)Nc2cc(Cl)cc(Cl)c2)C1. The van der Waals surface area contributed by atoms with Crippen molar-refractivity contribution in [2.75, 3.05) is 25.5 Å². The minimum absolute atomic E-state index is 0.0257. The first-order valence-corrected chi connectivity index (χ1v) is 11.0. The second-order valence-electron chi connectivity index (χ2n) is 6.64. The summed E-state index contributed by atoms with van der Waals surface area (Å²) in [5.41, 5.74) is 0.430. The zero-order valence-corrected chi connectivity index (χ0v) is 17.8. The summed E-state index contributed by atoms with van der Waals surface area (Å²) in [4.78, 5) is 12.4. The van der Waals surface area contributed by atoms with Gasteiger partial charge < -0.3 is 10.1 Å². The predicted octanol–water partition coefficient (Wildman–Crippen LogP) is 4.18. The quantitative estimate of drug-likeness (QED) is 0.725. The maximum Gasteiger partial charge on any atom is 0.246 e. The van der Waals surface area contributed by atoms with Gasteiger partial charge in [-0.15, -0.1) is 0 Å². The van der Waals surface area contributed by atoms with Crippen LogP contribution in [-0.4, -0.2) is 38.8 Å². The number of nitrogens with zero attached hydrogens (tertiary/aromatic N) is 1. The van der Waals surface area contributed by atoms with Crippen molar-refractivity contribution in [3.8, 4) is 5.75 Å². The second kappa shape index (κ2) is 8.87. The molecule has 29 heavy (non-hydrogen) atoms. The summed E-state index contributed by atoms with van der Waals surface area (Å²) in [6.07, 6.45) is 1.01. The van der Waals surface area contributed by atoms with Crippen molar-refractivity contribution in [2.45, 2.75) is 17.7 Å². The number of halogens is 3. The van der Waals surface area contributed by atoms with E-state index in [1.807, 2.05) is 0 Å². The van der Waals surface area contributed by atoms with E-state index in [-0.39, 0.29) is 29.6 Å². The monoisotopic (exact) mass is 460 g/mol. The van der Waals surface area contributed by atoms with Crippen molar-refractivity contribution in [3.05, 3.63) is 52.3 Å². The van der Waals surface area contributed by atoms with Crippen LogP contribution in [-0.2, 0) is 14.8 Å². The Morgan fingerprint density at radius 2 is 1.90 bits per heavy atom. The van der Waals surface area contributed by atoms with Gasteiger partial charge in [0.1, 0.15) is 16.5 Å². The molecule has 0 unspecified atom stereocenters. The van der Waals surface area contributed by atoms with Crippen LogP contribution >= 0.6 is 23.2 Å². The van der Waals surface area contributed by atoms with E-state index in [4.69, 9.17) is 27.9 Å². The summed E-state index contributed by atoms with van der Waals surface area (Å²) in [5, 5.41) is 3.47. The molecule has 1 aliphatic heterocycles. The lowest BCUT2D eigenvalue weighted by atomic mass is 9.99. The highest BCUT2D eigenvalue weighted by Gasteiger charge is 2.35. The number of hydrogen-bond acceptors (Lipinski definition) is 4. The van der Waals surface area contributed by atoms with Crippen LogP contribution in [0.1, 0.15) is 12.8 Å². The third-order valence-electron chi connectivity index (χ3n) is 4.63. The van der Waals surface area contributed by atoms with Gasteiger partial charge in [0.05, 0.1) is 13.0 Å². The van der Waals surface area contributed by atoms with Gasteiger partial charge in [-0.1, -0.05) is 23.2 Å². The minimum Gasteiger partial charge on any atom is -0.495 e. The number of amides is 1. The molecule has 1 aliphatic rings. The molecule has 0 saturated carbocycles. The zero-order chi connectivity index (χ0) is 21.2. The summed E-state index contributed by atoms with van der Waals surface area (Å²) < 4.78 is 46.0. The van der Waals surface area contributed by atoms with Gasteiger partial charge in [0.2, 0.25) is 15.9 Å². The molecule has 1 N–H and O–H groups in total. The highest BCUT2D eigenvalue weighted by Crippen LogP contribution is 2.31. The number of nitrogens with one attached hydrogen (secondary N) is 1. The minimum atomic E-state index is -4.03. The molecule has 10 heteroatoms. The largest absolute Gasteiger partial charge is 0.495 e. The van der Waals surface area contributed by atoms with Gasteiger partial charge in [-0.05, 0) is 49.2 Å². The van der Waals surface area contributed by atoms with E-state index < -0.39 is 21.8 Å². The van der Waals surface area contributed by atoms with Crippen molar-refractivity contribution in [1.29, 1.82) is 0 Å². The number of carbonyl (C=O) groups is 1. The number of carbonyl (C=O) groups excluding carboxylic acids is 1. The zero-order valence-electron chi connectivity index (χ0n) is 15.5. The summed E-state index contributed by atoms with van der Waals surface area (Å²) >= 11 is 11.9. The fourth-order valence-electron chi connectivity index (χ4n) is 3.24. The molecule has 1 saturated heterocycles. The van der Waals surface area contributed by atoms with Gasteiger partial charge in [-0.2, -0.15) is 4.31 Å². The van der Waals surface area contributed by atoms with Gasteiger partial charge >= 0.3 is 0 Å². The first kappa shape index (κ1) is 21.8. The fraction of sp³-hybridized carbons (Fsp3) is 0.316. The molecule has 0 aromatic heterocycles. The van der Waals surface area contributed by atoms with E-state index >= 15 is 0 Å². The molecule has 1 fully saturated rings. The van der Waals surface area contributed by atoms with E-state index in [2.05, 4.69) is 5.32 Å². The first-order valence-electron chi connectivity index (χ1n) is 8.81. The van der Waals surface area contributed by atoms with E-state index in [1.165, 1.54) is 17.5 Å². The van der Waals surface area contributed by atoms with Gasteiger partial charge in [-0.25, -0.2) is 12.8 Å². The number of piperidine rings is 1. The number of sulfonamides is 1. The van der Waals surface area contributed by atoms with Crippen LogP contribution in [0.2, 0.25) is 10.0 Å². The van der Waals surface area contributed by atoms with E-state index in [0.29, 0.717) is 28.6 Å². The molecule has 1 atom stereocenters. The molecular weight excluding hydrogens is 442 g/mol. The Balaban J connectivity index is 1.79. The molecule has 2 aromatic carbocycles. The van der Waals surface area contributed by atoms with Crippen LogP contribution in [0.15, 0.2) is 41.3 Å². The van der Waals surface area contributed by atoms with Gasteiger partial charge in [-0.3, -0.25) is 4.79 Å². The molecule has 0 radical (unpaired) electrons. The van der Waals surface area contributed by atoms with Crippen molar-refractivity contribution in [2.24, 2.45) is 5.92 Å². The van der Waals surface area contributed by atoms with Crippen LogP contribution in [0.5, 0.6) is 5.75 Å². The van der Waals surface area contributed by atoms with E-state index in [1.54, 1.807) is 18.2 Å². The van der Waals surface area contributed by atoms with E-state index in [0.717, 1.165) is 12.1 Å². The van der Waals surface area contributed by atoms with Crippen LogP contribution in [0.4, 0.5) is 10.1 Å². The molecule has 1 amide bonds. The van der Waals surface area contributed by atoms with Crippen LogP contribution in [0.25, 0.3) is 0 Å². The number of benzene rings is 2. The molecule has 0 spiro atoms. The number of anilines is 1. The van der Waals surface area contributed by atoms with Crippen LogP contribution in [0, 0.1) is 11.7 Å². The highest BCUT2D eigenvalue weighted by atomic mass is 35.5. The lowest BCUT2D eigenvalue weighted by molar-refractivity contribution is -0.120. The third-order valence-corrected chi connectivity index (χ3v) is 6.95. The molecule has 0 aliphatic carbocycles. The molecular formula is C19H19Cl2FN2O4S. The van der Waals surface area contributed by atoms with Crippen LogP contribution in [0.3, 0.4) is 0 Å². The number of methoxy groups -OCH3 is 1. The average Bonchev–Trinajstić information content (AvgIpc) is 2.67. The summed E-state index contributed by atoms with van der Waals surface area (Å²) in [7, 11) is -2.72. The van der Waals surface area contributed by atoms with Crippen molar-refractivity contribution in [1.82, 2.24) is 4.31 Å². The standard InChI is InChI=1S/C19H19Cl2FN2O4S/c1-28-17-5-4-15(22)10-18(17)29(26,27)24-6-2-3-12(11-24)19(25)23-16-8-13(20)7-14(21)9-16/h4-5,7-10,12H,2-3,6,11H2,1H3,(H,23,25)/t12-/m1/s1. The molecule has 1 heterocycles. The molecule has 2 aromatic rings. The second-order valence-corrected chi connectivity index (χ2v) is 9.42. The smallest absolute Gasteiger partial charge is 0.246 e. The third kappa shape index (κ3) is 5.01. The van der Waals surface area contributed by atoms with Gasteiger partial charge in [0.25, 0.3) is 0 Å². The fourth-order valence-corrected chi connectivity index (χ4v) is 5.45. The normalized spacial score (nSPS) is 17.7. The maximum atomic E-state index is 13.7. The van der Waals surface area contributed by atoms with Crippen molar-refractivity contribution in [3.63, 3.8) is 0 Å². The summed E-state index contributed by atoms with van der Waals surface area (Å²) in [6, 6.07) is 7.96.